The van der Waals surface area contributed by atoms with Gasteiger partial charge < -0.3 is 15.4 Å². The number of benzene rings is 1. The van der Waals surface area contributed by atoms with E-state index in [4.69, 9.17) is 10.5 Å². The largest absolute Gasteiger partial charge is 0.495 e. The molecule has 3 rings (SSSR count). The lowest BCUT2D eigenvalue weighted by molar-refractivity contribution is 0.0736. The van der Waals surface area contributed by atoms with Gasteiger partial charge in [-0.15, -0.1) is 0 Å². The van der Waals surface area contributed by atoms with Crippen LogP contribution in [0.1, 0.15) is 34.8 Å². The van der Waals surface area contributed by atoms with E-state index in [0.717, 1.165) is 19.4 Å². The molecule has 5 heteroatoms. The summed E-state index contributed by atoms with van der Waals surface area (Å²) in [6.45, 7) is 0.797. The summed E-state index contributed by atoms with van der Waals surface area (Å²) in [5.41, 5.74) is 8.25. The molecule has 110 valence electrons. The Hall–Kier alpha value is -2.01. The van der Waals surface area contributed by atoms with Crippen molar-refractivity contribution < 1.29 is 9.53 Å². The standard InChI is InChI=1S/C16H18N2O2S/c1-20-15-5-4-11(9-13(15)17)16(19)18-7-2-3-14(18)12-6-8-21-10-12/h4-6,8-10,14H,2-3,7,17H2,1H3. The molecule has 21 heavy (non-hydrogen) atoms. The van der Waals surface area contributed by atoms with Crippen molar-refractivity contribution in [1.82, 2.24) is 4.90 Å². The van der Waals surface area contributed by atoms with E-state index in [2.05, 4.69) is 16.8 Å². The lowest BCUT2D eigenvalue weighted by Crippen LogP contribution is -2.30. The third-order valence-corrected chi connectivity index (χ3v) is 4.62. The summed E-state index contributed by atoms with van der Waals surface area (Å²) in [6, 6.07) is 7.51. The number of ether oxygens (including phenoxy) is 1. The number of hydrogen-bond donors (Lipinski definition) is 1. The topological polar surface area (TPSA) is 55.6 Å². The van der Waals surface area contributed by atoms with Crippen LogP contribution in [0.25, 0.3) is 0 Å². The maximum atomic E-state index is 12.7. The Morgan fingerprint density at radius 1 is 1.43 bits per heavy atom. The lowest BCUT2D eigenvalue weighted by Gasteiger charge is -2.24. The highest BCUT2D eigenvalue weighted by molar-refractivity contribution is 7.07. The van der Waals surface area contributed by atoms with Crippen LogP contribution in [-0.4, -0.2) is 24.5 Å². The average molecular weight is 302 g/mol. The molecule has 1 fully saturated rings. The third kappa shape index (κ3) is 2.61. The number of likely N-dealkylation sites (tertiary alicyclic amines) is 1. The zero-order chi connectivity index (χ0) is 14.8. The van der Waals surface area contributed by atoms with Gasteiger partial charge in [0.05, 0.1) is 18.8 Å². The van der Waals surface area contributed by atoms with Crippen molar-refractivity contribution in [2.45, 2.75) is 18.9 Å². The molecule has 1 atom stereocenters. The predicted molar refractivity (Wildman–Crippen MR) is 84.7 cm³/mol. The Bertz CT molecular complexity index is 640. The van der Waals surface area contributed by atoms with E-state index in [9.17, 15) is 4.79 Å². The second-order valence-corrected chi connectivity index (χ2v) is 5.95. The number of nitrogens with zero attached hydrogens (tertiary/aromatic N) is 1. The van der Waals surface area contributed by atoms with Crippen molar-refractivity contribution in [2.24, 2.45) is 0 Å². The van der Waals surface area contributed by atoms with Crippen LogP contribution in [0.15, 0.2) is 35.0 Å². The van der Waals surface area contributed by atoms with Gasteiger partial charge in [0.1, 0.15) is 5.75 Å². The fraction of sp³-hybridized carbons (Fsp3) is 0.312. The van der Waals surface area contributed by atoms with E-state index in [1.165, 1.54) is 5.56 Å². The summed E-state index contributed by atoms with van der Waals surface area (Å²) in [6.07, 6.45) is 2.06. The van der Waals surface area contributed by atoms with Crippen LogP contribution in [0.4, 0.5) is 5.69 Å². The van der Waals surface area contributed by atoms with Crippen molar-refractivity contribution in [2.75, 3.05) is 19.4 Å². The molecule has 1 amide bonds. The minimum Gasteiger partial charge on any atom is -0.495 e. The molecule has 0 spiro atoms. The van der Waals surface area contributed by atoms with Crippen molar-refractivity contribution >= 4 is 22.9 Å². The van der Waals surface area contributed by atoms with Crippen LogP contribution < -0.4 is 10.5 Å². The number of anilines is 1. The number of amides is 1. The summed E-state index contributed by atoms with van der Waals surface area (Å²) in [7, 11) is 1.57. The molecule has 0 saturated carbocycles. The normalized spacial score (nSPS) is 18.0. The van der Waals surface area contributed by atoms with Crippen molar-refractivity contribution in [1.29, 1.82) is 0 Å². The Kier molecular flexibility index (Phi) is 3.84. The minimum atomic E-state index is 0.0399. The molecule has 1 aliphatic heterocycles. The van der Waals surface area contributed by atoms with Crippen molar-refractivity contribution in [3.05, 3.63) is 46.2 Å². The van der Waals surface area contributed by atoms with Gasteiger partial charge in [-0.3, -0.25) is 4.79 Å². The average Bonchev–Trinajstić information content (AvgIpc) is 3.16. The van der Waals surface area contributed by atoms with Gasteiger partial charge in [0.2, 0.25) is 0 Å². The Labute approximate surface area is 128 Å². The number of rotatable bonds is 3. The highest BCUT2D eigenvalue weighted by Crippen LogP contribution is 2.34. The number of nitrogens with two attached hydrogens (primary N) is 1. The van der Waals surface area contributed by atoms with Gasteiger partial charge in [0, 0.05) is 12.1 Å². The van der Waals surface area contributed by atoms with Crippen LogP contribution >= 0.6 is 11.3 Å². The number of carbonyl (C=O) groups is 1. The molecule has 1 aromatic heterocycles. The van der Waals surface area contributed by atoms with Gasteiger partial charge in [0.25, 0.3) is 5.91 Å². The van der Waals surface area contributed by atoms with Crippen LogP contribution in [0.2, 0.25) is 0 Å². The van der Waals surface area contributed by atoms with Crippen molar-refractivity contribution in [3.63, 3.8) is 0 Å². The van der Waals surface area contributed by atoms with Gasteiger partial charge in [0.15, 0.2) is 0 Å². The first kappa shape index (κ1) is 13.9. The molecule has 4 nitrogen and oxygen atoms in total. The molecule has 1 unspecified atom stereocenters. The fourth-order valence-corrected chi connectivity index (χ4v) is 3.56. The number of carbonyl (C=O) groups excluding carboxylic acids is 1. The van der Waals surface area contributed by atoms with Crippen molar-refractivity contribution in [3.8, 4) is 5.75 Å². The predicted octanol–water partition coefficient (Wildman–Crippen LogP) is 3.32. The summed E-state index contributed by atoms with van der Waals surface area (Å²) >= 11 is 1.67. The van der Waals surface area contributed by atoms with E-state index in [1.54, 1.807) is 36.6 Å². The Morgan fingerprint density at radius 2 is 2.29 bits per heavy atom. The summed E-state index contributed by atoms with van der Waals surface area (Å²) in [5.74, 6) is 0.639. The summed E-state index contributed by atoms with van der Waals surface area (Å²) < 4.78 is 5.14. The molecular weight excluding hydrogens is 284 g/mol. The van der Waals surface area contributed by atoms with E-state index >= 15 is 0 Å². The molecule has 0 bridgehead atoms. The third-order valence-electron chi connectivity index (χ3n) is 3.92. The molecule has 1 aliphatic rings. The molecule has 1 aromatic carbocycles. The number of thiophene rings is 1. The molecule has 2 heterocycles. The van der Waals surface area contributed by atoms with Gasteiger partial charge in [-0.2, -0.15) is 11.3 Å². The fourth-order valence-electron chi connectivity index (χ4n) is 2.85. The van der Waals surface area contributed by atoms with E-state index < -0.39 is 0 Å². The number of nitrogen functional groups attached to an aromatic ring is 1. The zero-order valence-corrected chi connectivity index (χ0v) is 12.7. The molecule has 0 aliphatic carbocycles. The maximum Gasteiger partial charge on any atom is 0.254 e. The SMILES string of the molecule is COc1ccc(C(=O)N2CCCC2c2ccsc2)cc1N. The number of hydrogen-bond acceptors (Lipinski definition) is 4. The van der Waals surface area contributed by atoms with Crippen LogP contribution in [-0.2, 0) is 0 Å². The molecular formula is C16H18N2O2S. The second kappa shape index (κ2) is 5.77. The second-order valence-electron chi connectivity index (χ2n) is 5.17. The van der Waals surface area contributed by atoms with E-state index in [0.29, 0.717) is 17.0 Å². The van der Waals surface area contributed by atoms with Crippen LogP contribution in [0.3, 0.4) is 0 Å². The maximum absolute atomic E-state index is 12.7. The monoisotopic (exact) mass is 302 g/mol. The zero-order valence-electron chi connectivity index (χ0n) is 11.9. The van der Waals surface area contributed by atoms with Gasteiger partial charge >= 0.3 is 0 Å². The summed E-state index contributed by atoms with van der Waals surface area (Å²) in [4.78, 5) is 14.7. The Balaban J connectivity index is 1.86. The van der Waals surface area contributed by atoms with Gasteiger partial charge in [-0.05, 0) is 53.4 Å². The minimum absolute atomic E-state index is 0.0399. The molecule has 2 aromatic rings. The first-order valence-corrected chi connectivity index (χ1v) is 7.91. The van der Waals surface area contributed by atoms with E-state index in [1.807, 2.05) is 4.90 Å². The number of methoxy groups -OCH3 is 1. The first-order chi connectivity index (χ1) is 10.2. The highest BCUT2D eigenvalue weighted by Gasteiger charge is 2.30. The lowest BCUT2D eigenvalue weighted by atomic mass is 10.1. The van der Waals surface area contributed by atoms with E-state index in [-0.39, 0.29) is 11.9 Å². The molecule has 2 N–H and O–H groups in total. The van der Waals surface area contributed by atoms with Crippen LogP contribution in [0.5, 0.6) is 5.75 Å². The summed E-state index contributed by atoms with van der Waals surface area (Å²) in [5, 5.41) is 4.18. The van der Waals surface area contributed by atoms with Crippen LogP contribution in [0, 0.1) is 0 Å². The van der Waals surface area contributed by atoms with Gasteiger partial charge in [-0.1, -0.05) is 0 Å². The Morgan fingerprint density at radius 3 is 2.95 bits per heavy atom. The smallest absolute Gasteiger partial charge is 0.254 e. The quantitative estimate of drug-likeness (QED) is 0.885. The molecule has 0 radical (unpaired) electrons. The first-order valence-electron chi connectivity index (χ1n) is 6.97. The van der Waals surface area contributed by atoms with Gasteiger partial charge in [-0.25, -0.2) is 0 Å². The molecule has 1 saturated heterocycles. The highest BCUT2D eigenvalue weighted by atomic mass is 32.1.